The SMILES string of the molecule is Cc1ccc(-c2ccc3cn(C)nc3c2)cc1F. The molecule has 0 aliphatic carbocycles. The van der Waals surface area contributed by atoms with E-state index in [4.69, 9.17) is 0 Å². The molecule has 1 heterocycles. The lowest BCUT2D eigenvalue weighted by Gasteiger charge is -2.03. The average Bonchev–Trinajstić information content (AvgIpc) is 2.71. The van der Waals surface area contributed by atoms with Gasteiger partial charge in [-0.25, -0.2) is 4.39 Å². The first kappa shape index (κ1) is 11.0. The Labute approximate surface area is 105 Å². The Bertz CT molecular complexity index is 728. The Morgan fingerprint density at radius 2 is 1.78 bits per heavy atom. The Morgan fingerprint density at radius 3 is 2.56 bits per heavy atom. The van der Waals surface area contributed by atoms with Crippen molar-refractivity contribution in [2.45, 2.75) is 6.92 Å². The van der Waals surface area contributed by atoms with E-state index in [1.807, 2.05) is 37.5 Å². The largest absolute Gasteiger partial charge is 0.275 e. The summed E-state index contributed by atoms with van der Waals surface area (Å²) in [7, 11) is 1.89. The molecule has 2 aromatic carbocycles. The maximum absolute atomic E-state index is 13.6. The van der Waals surface area contributed by atoms with Gasteiger partial charge in [-0.2, -0.15) is 5.10 Å². The third-order valence-electron chi connectivity index (χ3n) is 3.13. The van der Waals surface area contributed by atoms with E-state index in [0.717, 1.165) is 22.0 Å². The zero-order valence-corrected chi connectivity index (χ0v) is 10.3. The minimum atomic E-state index is -0.173. The minimum absolute atomic E-state index is 0.173. The number of nitrogens with zero attached hydrogens (tertiary/aromatic N) is 2. The molecule has 2 nitrogen and oxygen atoms in total. The lowest BCUT2D eigenvalue weighted by atomic mass is 10.0. The molecule has 3 rings (SSSR count). The van der Waals surface area contributed by atoms with E-state index in [-0.39, 0.29) is 5.82 Å². The molecule has 1 aromatic heterocycles. The Balaban J connectivity index is 2.15. The van der Waals surface area contributed by atoms with E-state index in [1.165, 1.54) is 0 Å². The zero-order valence-electron chi connectivity index (χ0n) is 10.3. The first-order valence-corrected chi connectivity index (χ1v) is 5.83. The van der Waals surface area contributed by atoms with Crippen LogP contribution in [-0.4, -0.2) is 9.78 Å². The van der Waals surface area contributed by atoms with E-state index >= 15 is 0 Å². The number of hydrogen-bond acceptors (Lipinski definition) is 1. The van der Waals surface area contributed by atoms with Crippen LogP contribution < -0.4 is 0 Å². The van der Waals surface area contributed by atoms with Gasteiger partial charge in [0.1, 0.15) is 5.82 Å². The van der Waals surface area contributed by atoms with Crippen LogP contribution in [0.1, 0.15) is 5.56 Å². The fourth-order valence-electron chi connectivity index (χ4n) is 2.09. The lowest BCUT2D eigenvalue weighted by Crippen LogP contribution is -1.86. The van der Waals surface area contributed by atoms with Crippen molar-refractivity contribution in [3.63, 3.8) is 0 Å². The van der Waals surface area contributed by atoms with Gasteiger partial charge in [-0.15, -0.1) is 0 Å². The standard InChI is InChI=1S/C15H13FN2/c1-10-3-4-11(7-14(10)16)12-5-6-13-9-18(2)17-15(13)8-12/h3-9H,1-2H3. The second kappa shape index (κ2) is 3.95. The Kier molecular flexibility index (Phi) is 2.40. The van der Waals surface area contributed by atoms with E-state index in [1.54, 1.807) is 23.7 Å². The number of aryl methyl sites for hydroxylation is 2. The summed E-state index contributed by atoms with van der Waals surface area (Å²) in [6, 6.07) is 11.3. The van der Waals surface area contributed by atoms with Crippen LogP contribution in [0.15, 0.2) is 42.6 Å². The van der Waals surface area contributed by atoms with Crippen molar-refractivity contribution in [2.75, 3.05) is 0 Å². The molecule has 0 spiro atoms. The molecule has 18 heavy (non-hydrogen) atoms. The van der Waals surface area contributed by atoms with Gasteiger partial charge in [0.05, 0.1) is 5.52 Å². The molecule has 0 aliphatic rings. The second-order valence-electron chi connectivity index (χ2n) is 4.54. The molecule has 0 saturated carbocycles. The molecule has 0 aliphatic heterocycles. The van der Waals surface area contributed by atoms with Crippen LogP contribution in [0.2, 0.25) is 0 Å². The number of aromatic nitrogens is 2. The van der Waals surface area contributed by atoms with Crippen molar-refractivity contribution in [3.05, 3.63) is 54.0 Å². The van der Waals surface area contributed by atoms with Crippen molar-refractivity contribution in [2.24, 2.45) is 7.05 Å². The predicted octanol–water partition coefficient (Wildman–Crippen LogP) is 3.69. The molecular weight excluding hydrogens is 227 g/mol. The third kappa shape index (κ3) is 1.78. The van der Waals surface area contributed by atoms with Crippen molar-refractivity contribution in [1.82, 2.24) is 9.78 Å². The summed E-state index contributed by atoms with van der Waals surface area (Å²) < 4.78 is 15.3. The monoisotopic (exact) mass is 240 g/mol. The van der Waals surface area contributed by atoms with Crippen LogP contribution in [0.5, 0.6) is 0 Å². The van der Waals surface area contributed by atoms with Crippen molar-refractivity contribution >= 4 is 10.9 Å². The van der Waals surface area contributed by atoms with Gasteiger partial charge in [-0.3, -0.25) is 4.68 Å². The quantitative estimate of drug-likeness (QED) is 0.634. The van der Waals surface area contributed by atoms with Crippen molar-refractivity contribution < 1.29 is 4.39 Å². The van der Waals surface area contributed by atoms with Gasteiger partial charge in [0.15, 0.2) is 0 Å². The highest BCUT2D eigenvalue weighted by molar-refractivity contribution is 5.83. The van der Waals surface area contributed by atoms with E-state index in [2.05, 4.69) is 5.10 Å². The average molecular weight is 240 g/mol. The van der Waals surface area contributed by atoms with Crippen LogP contribution in [0.25, 0.3) is 22.0 Å². The maximum Gasteiger partial charge on any atom is 0.126 e. The highest BCUT2D eigenvalue weighted by atomic mass is 19.1. The molecule has 0 N–H and O–H groups in total. The molecule has 0 fully saturated rings. The summed E-state index contributed by atoms with van der Waals surface area (Å²) in [6.45, 7) is 1.76. The molecule has 0 atom stereocenters. The number of benzene rings is 2. The molecular formula is C15H13FN2. The molecule has 0 unspecified atom stereocenters. The topological polar surface area (TPSA) is 17.8 Å². The zero-order chi connectivity index (χ0) is 12.7. The first-order chi connectivity index (χ1) is 8.63. The van der Waals surface area contributed by atoms with E-state index in [0.29, 0.717) is 5.56 Å². The molecule has 3 aromatic rings. The minimum Gasteiger partial charge on any atom is -0.275 e. The fraction of sp³-hybridized carbons (Fsp3) is 0.133. The number of hydrogen-bond donors (Lipinski definition) is 0. The van der Waals surface area contributed by atoms with Gasteiger partial charge < -0.3 is 0 Å². The van der Waals surface area contributed by atoms with Gasteiger partial charge in [-0.1, -0.05) is 24.3 Å². The Hall–Kier alpha value is -2.16. The Morgan fingerprint density at radius 1 is 1.06 bits per heavy atom. The van der Waals surface area contributed by atoms with Gasteiger partial charge in [0.2, 0.25) is 0 Å². The van der Waals surface area contributed by atoms with Crippen LogP contribution >= 0.6 is 0 Å². The summed E-state index contributed by atoms with van der Waals surface area (Å²) in [5, 5.41) is 5.45. The maximum atomic E-state index is 13.6. The molecule has 0 saturated heterocycles. The third-order valence-corrected chi connectivity index (χ3v) is 3.13. The summed E-state index contributed by atoms with van der Waals surface area (Å²) in [4.78, 5) is 0. The molecule has 0 radical (unpaired) electrons. The van der Waals surface area contributed by atoms with E-state index in [9.17, 15) is 4.39 Å². The highest BCUT2D eigenvalue weighted by Gasteiger charge is 2.04. The second-order valence-corrected chi connectivity index (χ2v) is 4.54. The van der Waals surface area contributed by atoms with Crippen molar-refractivity contribution in [1.29, 1.82) is 0 Å². The smallest absolute Gasteiger partial charge is 0.126 e. The molecule has 0 bridgehead atoms. The van der Waals surface area contributed by atoms with E-state index < -0.39 is 0 Å². The summed E-state index contributed by atoms with van der Waals surface area (Å²) in [6.07, 6.45) is 1.97. The molecule has 90 valence electrons. The van der Waals surface area contributed by atoms with Crippen LogP contribution in [0.3, 0.4) is 0 Å². The number of fused-ring (bicyclic) bond motifs is 1. The van der Waals surface area contributed by atoms with Crippen LogP contribution in [0.4, 0.5) is 4.39 Å². The highest BCUT2D eigenvalue weighted by Crippen LogP contribution is 2.25. The number of rotatable bonds is 1. The summed E-state index contributed by atoms with van der Waals surface area (Å²) in [5.74, 6) is -0.173. The molecule has 0 amide bonds. The normalized spacial score (nSPS) is 11.1. The number of halogens is 1. The van der Waals surface area contributed by atoms with Crippen LogP contribution in [-0.2, 0) is 7.05 Å². The summed E-state index contributed by atoms with van der Waals surface area (Å²) in [5.41, 5.74) is 3.46. The predicted molar refractivity (Wildman–Crippen MR) is 70.8 cm³/mol. The van der Waals surface area contributed by atoms with Gasteiger partial charge in [0, 0.05) is 18.6 Å². The van der Waals surface area contributed by atoms with Crippen LogP contribution in [0, 0.1) is 12.7 Å². The van der Waals surface area contributed by atoms with Gasteiger partial charge >= 0.3 is 0 Å². The van der Waals surface area contributed by atoms with Gasteiger partial charge in [0.25, 0.3) is 0 Å². The first-order valence-electron chi connectivity index (χ1n) is 5.83. The van der Waals surface area contributed by atoms with Gasteiger partial charge in [-0.05, 0) is 35.7 Å². The van der Waals surface area contributed by atoms with Crippen molar-refractivity contribution in [3.8, 4) is 11.1 Å². The summed E-state index contributed by atoms with van der Waals surface area (Å²) >= 11 is 0. The lowest BCUT2D eigenvalue weighted by molar-refractivity contribution is 0.619. The molecule has 3 heteroatoms. The fourth-order valence-corrected chi connectivity index (χ4v) is 2.09.